The third-order valence-corrected chi connectivity index (χ3v) is 3.65. The smallest absolute Gasteiger partial charge is 0.407 e. The van der Waals surface area contributed by atoms with Gasteiger partial charge in [-0.05, 0) is 19.3 Å². The van der Waals surface area contributed by atoms with Crippen LogP contribution in [0.15, 0.2) is 0 Å². The van der Waals surface area contributed by atoms with Gasteiger partial charge in [0.1, 0.15) is 0 Å². The SMILES string of the molecule is O=C(O)N1CCCN(C(=O)C2CCOCC2)CC1. The van der Waals surface area contributed by atoms with E-state index in [1.807, 2.05) is 4.90 Å². The Morgan fingerprint density at radius 1 is 1.00 bits per heavy atom. The Hall–Kier alpha value is -1.30. The molecule has 2 saturated heterocycles. The lowest BCUT2D eigenvalue weighted by Crippen LogP contribution is -2.41. The molecule has 0 atom stereocenters. The van der Waals surface area contributed by atoms with E-state index in [0.717, 1.165) is 19.3 Å². The minimum atomic E-state index is -0.893. The van der Waals surface area contributed by atoms with E-state index in [2.05, 4.69) is 0 Å². The van der Waals surface area contributed by atoms with E-state index in [9.17, 15) is 9.59 Å². The van der Waals surface area contributed by atoms with Gasteiger partial charge in [0.05, 0.1) is 0 Å². The van der Waals surface area contributed by atoms with Crippen LogP contribution in [0.1, 0.15) is 19.3 Å². The highest BCUT2D eigenvalue weighted by molar-refractivity contribution is 5.79. The van der Waals surface area contributed by atoms with Crippen LogP contribution < -0.4 is 0 Å². The normalized spacial score (nSPS) is 22.7. The van der Waals surface area contributed by atoms with E-state index in [1.165, 1.54) is 4.90 Å². The van der Waals surface area contributed by atoms with Crippen LogP contribution in [0.5, 0.6) is 0 Å². The van der Waals surface area contributed by atoms with E-state index >= 15 is 0 Å². The molecule has 2 heterocycles. The van der Waals surface area contributed by atoms with Crippen LogP contribution in [-0.2, 0) is 9.53 Å². The molecule has 0 aromatic heterocycles. The molecule has 0 radical (unpaired) electrons. The quantitative estimate of drug-likeness (QED) is 0.747. The summed E-state index contributed by atoms with van der Waals surface area (Å²) in [6, 6.07) is 0. The third kappa shape index (κ3) is 3.13. The van der Waals surface area contributed by atoms with Gasteiger partial charge in [0.15, 0.2) is 0 Å². The number of carbonyl (C=O) groups is 2. The molecule has 0 spiro atoms. The van der Waals surface area contributed by atoms with E-state index in [4.69, 9.17) is 9.84 Å². The maximum absolute atomic E-state index is 12.3. The molecule has 1 N–H and O–H groups in total. The lowest BCUT2D eigenvalue weighted by Gasteiger charge is -2.28. The molecule has 6 heteroatoms. The van der Waals surface area contributed by atoms with Crippen molar-refractivity contribution < 1.29 is 19.4 Å². The molecular formula is C12H20N2O4. The fourth-order valence-corrected chi connectivity index (χ4v) is 2.53. The van der Waals surface area contributed by atoms with Crippen molar-refractivity contribution in [2.75, 3.05) is 39.4 Å². The predicted octanol–water partition coefficient (Wildman–Crippen LogP) is 0.625. The first kappa shape index (κ1) is 13.1. The molecule has 6 nitrogen and oxygen atoms in total. The van der Waals surface area contributed by atoms with Crippen LogP contribution in [0.2, 0.25) is 0 Å². The number of nitrogens with zero attached hydrogens (tertiary/aromatic N) is 2. The number of ether oxygens (including phenoxy) is 1. The van der Waals surface area contributed by atoms with Crippen molar-refractivity contribution in [3.05, 3.63) is 0 Å². The highest BCUT2D eigenvalue weighted by Gasteiger charge is 2.28. The summed E-state index contributed by atoms with van der Waals surface area (Å²) < 4.78 is 5.25. The maximum Gasteiger partial charge on any atom is 0.407 e. The van der Waals surface area contributed by atoms with Crippen molar-refractivity contribution in [3.8, 4) is 0 Å². The summed E-state index contributed by atoms with van der Waals surface area (Å²) in [4.78, 5) is 26.4. The van der Waals surface area contributed by atoms with Crippen LogP contribution in [0, 0.1) is 5.92 Å². The van der Waals surface area contributed by atoms with Crippen molar-refractivity contribution in [1.82, 2.24) is 9.80 Å². The number of amides is 2. The number of rotatable bonds is 1. The zero-order valence-corrected chi connectivity index (χ0v) is 10.5. The summed E-state index contributed by atoms with van der Waals surface area (Å²) in [5.74, 6) is 0.237. The summed E-state index contributed by atoms with van der Waals surface area (Å²) in [5.41, 5.74) is 0. The molecule has 0 aromatic rings. The first-order valence-corrected chi connectivity index (χ1v) is 6.53. The lowest BCUT2D eigenvalue weighted by atomic mass is 9.98. The molecule has 0 unspecified atom stereocenters. The molecule has 2 aliphatic heterocycles. The topological polar surface area (TPSA) is 70.1 Å². The van der Waals surface area contributed by atoms with E-state index in [-0.39, 0.29) is 11.8 Å². The molecule has 102 valence electrons. The van der Waals surface area contributed by atoms with Crippen LogP contribution in [0.3, 0.4) is 0 Å². The van der Waals surface area contributed by atoms with Crippen molar-refractivity contribution in [3.63, 3.8) is 0 Å². The molecule has 2 amide bonds. The number of hydrogen-bond acceptors (Lipinski definition) is 3. The fourth-order valence-electron chi connectivity index (χ4n) is 2.53. The van der Waals surface area contributed by atoms with E-state index in [1.54, 1.807) is 0 Å². The molecule has 0 aromatic carbocycles. The Labute approximate surface area is 106 Å². The minimum absolute atomic E-state index is 0.0649. The average Bonchev–Trinajstić information content (AvgIpc) is 2.64. The van der Waals surface area contributed by atoms with Gasteiger partial charge in [-0.2, -0.15) is 0 Å². The molecule has 0 bridgehead atoms. The Morgan fingerprint density at radius 3 is 2.28 bits per heavy atom. The van der Waals surface area contributed by atoms with Crippen LogP contribution in [0.25, 0.3) is 0 Å². The van der Waals surface area contributed by atoms with Crippen LogP contribution in [-0.4, -0.2) is 66.3 Å². The Bertz CT molecular complexity index is 315. The molecular weight excluding hydrogens is 236 g/mol. The zero-order chi connectivity index (χ0) is 13.0. The van der Waals surface area contributed by atoms with E-state index in [0.29, 0.717) is 39.4 Å². The summed E-state index contributed by atoms with van der Waals surface area (Å²) in [6.07, 6.45) is 1.41. The second-order valence-corrected chi connectivity index (χ2v) is 4.84. The Balaban J connectivity index is 1.88. The molecule has 18 heavy (non-hydrogen) atoms. The van der Waals surface area contributed by atoms with E-state index < -0.39 is 6.09 Å². The number of hydrogen-bond donors (Lipinski definition) is 1. The summed E-state index contributed by atoms with van der Waals surface area (Å²) in [5, 5.41) is 8.94. The fraction of sp³-hybridized carbons (Fsp3) is 0.833. The van der Waals surface area contributed by atoms with Gasteiger partial charge in [-0.15, -0.1) is 0 Å². The van der Waals surface area contributed by atoms with Gasteiger partial charge in [0.25, 0.3) is 0 Å². The van der Waals surface area contributed by atoms with Crippen molar-refractivity contribution in [1.29, 1.82) is 0 Å². The van der Waals surface area contributed by atoms with Crippen LogP contribution in [0.4, 0.5) is 4.79 Å². The third-order valence-electron chi connectivity index (χ3n) is 3.65. The standard InChI is InChI=1S/C12H20N2O4/c15-11(10-2-8-18-9-3-10)13-4-1-5-14(7-6-13)12(16)17/h10H,1-9H2,(H,16,17). The lowest BCUT2D eigenvalue weighted by molar-refractivity contribution is -0.138. The van der Waals surface area contributed by atoms with Gasteiger partial charge in [0, 0.05) is 45.3 Å². The van der Waals surface area contributed by atoms with Crippen molar-refractivity contribution >= 4 is 12.0 Å². The summed E-state index contributed by atoms with van der Waals surface area (Å²) >= 11 is 0. The van der Waals surface area contributed by atoms with Gasteiger partial charge in [-0.3, -0.25) is 4.79 Å². The predicted molar refractivity (Wildman–Crippen MR) is 64.3 cm³/mol. The van der Waals surface area contributed by atoms with Gasteiger partial charge in [-0.1, -0.05) is 0 Å². The first-order valence-electron chi connectivity index (χ1n) is 6.53. The maximum atomic E-state index is 12.3. The Morgan fingerprint density at radius 2 is 1.61 bits per heavy atom. The second-order valence-electron chi connectivity index (χ2n) is 4.84. The first-order chi connectivity index (χ1) is 8.68. The molecule has 2 aliphatic rings. The van der Waals surface area contributed by atoms with Crippen LogP contribution >= 0.6 is 0 Å². The minimum Gasteiger partial charge on any atom is -0.465 e. The summed E-state index contributed by atoms with van der Waals surface area (Å²) in [7, 11) is 0. The van der Waals surface area contributed by atoms with Gasteiger partial charge in [-0.25, -0.2) is 4.79 Å². The summed E-state index contributed by atoms with van der Waals surface area (Å²) in [6.45, 7) is 3.44. The Kier molecular flexibility index (Phi) is 4.41. The second kappa shape index (κ2) is 6.04. The number of carboxylic acid groups (broad SMARTS) is 1. The van der Waals surface area contributed by atoms with Gasteiger partial charge < -0.3 is 19.6 Å². The number of carbonyl (C=O) groups excluding carboxylic acids is 1. The average molecular weight is 256 g/mol. The van der Waals surface area contributed by atoms with Gasteiger partial charge >= 0.3 is 6.09 Å². The molecule has 0 aliphatic carbocycles. The zero-order valence-electron chi connectivity index (χ0n) is 10.5. The molecule has 2 rings (SSSR count). The highest BCUT2D eigenvalue weighted by atomic mass is 16.5. The van der Waals surface area contributed by atoms with Crippen molar-refractivity contribution in [2.24, 2.45) is 5.92 Å². The largest absolute Gasteiger partial charge is 0.465 e. The van der Waals surface area contributed by atoms with Crippen molar-refractivity contribution in [2.45, 2.75) is 19.3 Å². The monoisotopic (exact) mass is 256 g/mol. The van der Waals surface area contributed by atoms with Gasteiger partial charge in [0.2, 0.25) is 5.91 Å². The highest BCUT2D eigenvalue weighted by Crippen LogP contribution is 2.18. The molecule has 2 fully saturated rings. The molecule has 0 saturated carbocycles.